The molecule has 19 heavy (non-hydrogen) atoms. The summed E-state index contributed by atoms with van der Waals surface area (Å²) in [5.41, 5.74) is -0.0982. The van der Waals surface area contributed by atoms with Crippen molar-refractivity contribution in [1.82, 2.24) is 4.98 Å². The first kappa shape index (κ1) is 14.0. The standard InChI is InChI=1S/C11H9Cl2N3O2S/c1-6(8-2-3-10(13)19-8)14-11-5-7(16(17)18)4-9(12)15-11/h2-6H,1H3,(H,14,15). The molecule has 0 spiro atoms. The predicted molar refractivity (Wildman–Crippen MR) is 77.3 cm³/mol. The fourth-order valence-electron chi connectivity index (χ4n) is 1.52. The van der Waals surface area contributed by atoms with E-state index in [2.05, 4.69) is 10.3 Å². The molecule has 0 aromatic carbocycles. The number of pyridine rings is 1. The van der Waals surface area contributed by atoms with Gasteiger partial charge in [-0.05, 0) is 19.1 Å². The number of hydrogen-bond donors (Lipinski definition) is 1. The molecule has 1 atom stereocenters. The smallest absolute Gasteiger partial charge is 0.276 e. The molecule has 2 rings (SSSR count). The Hall–Kier alpha value is -1.37. The summed E-state index contributed by atoms with van der Waals surface area (Å²) < 4.78 is 0.689. The Morgan fingerprint density at radius 3 is 2.74 bits per heavy atom. The summed E-state index contributed by atoms with van der Waals surface area (Å²) in [6, 6.07) is 6.18. The zero-order valence-corrected chi connectivity index (χ0v) is 12.1. The average molecular weight is 318 g/mol. The van der Waals surface area contributed by atoms with Gasteiger partial charge in [0, 0.05) is 4.88 Å². The van der Waals surface area contributed by atoms with Crippen molar-refractivity contribution < 1.29 is 4.92 Å². The molecular weight excluding hydrogens is 309 g/mol. The lowest BCUT2D eigenvalue weighted by Gasteiger charge is -2.12. The van der Waals surface area contributed by atoms with Crippen LogP contribution in [0.3, 0.4) is 0 Å². The largest absolute Gasteiger partial charge is 0.362 e. The third kappa shape index (κ3) is 3.56. The Morgan fingerprint density at radius 1 is 1.42 bits per heavy atom. The van der Waals surface area contributed by atoms with E-state index in [-0.39, 0.29) is 16.9 Å². The first-order chi connectivity index (χ1) is 8.95. The maximum Gasteiger partial charge on any atom is 0.276 e. The fourth-order valence-corrected chi connectivity index (χ4v) is 2.78. The van der Waals surface area contributed by atoms with E-state index >= 15 is 0 Å². The molecule has 8 heteroatoms. The molecule has 2 heterocycles. The molecule has 0 fully saturated rings. The Morgan fingerprint density at radius 2 is 2.16 bits per heavy atom. The number of nitro groups is 1. The van der Waals surface area contributed by atoms with Gasteiger partial charge in [-0.25, -0.2) is 4.98 Å². The minimum absolute atomic E-state index is 0.0666. The van der Waals surface area contributed by atoms with Gasteiger partial charge in [-0.1, -0.05) is 23.2 Å². The first-order valence-electron chi connectivity index (χ1n) is 5.29. The summed E-state index contributed by atoms with van der Waals surface area (Å²) in [6.45, 7) is 1.91. The summed E-state index contributed by atoms with van der Waals surface area (Å²) in [6.07, 6.45) is 0. The SMILES string of the molecule is CC(Nc1cc([N+](=O)[O-])cc(Cl)n1)c1ccc(Cl)s1. The van der Waals surface area contributed by atoms with E-state index in [1.165, 1.54) is 23.5 Å². The van der Waals surface area contributed by atoms with Gasteiger partial charge in [0.25, 0.3) is 5.69 Å². The molecule has 0 saturated heterocycles. The minimum atomic E-state index is -0.509. The van der Waals surface area contributed by atoms with Crippen LogP contribution in [0.4, 0.5) is 11.5 Å². The summed E-state index contributed by atoms with van der Waals surface area (Å²) in [7, 11) is 0. The second kappa shape index (κ2) is 5.73. The van der Waals surface area contributed by atoms with Gasteiger partial charge in [-0.3, -0.25) is 10.1 Å². The number of anilines is 1. The van der Waals surface area contributed by atoms with Crippen molar-refractivity contribution in [2.75, 3.05) is 5.32 Å². The number of hydrogen-bond acceptors (Lipinski definition) is 5. The van der Waals surface area contributed by atoms with Crippen LogP contribution in [0.15, 0.2) is 24.3 Å². The molecule has 0 radical (unpaired) electrons. The highest BCUT2D eigenvalue weighted by Gasteiger charge is 2.13. The van der Waals surface area contributed by atoms with Crippen LogP contribution in [0, 0.1) is 10.1 Å². The normalized spacial score (nSPS) is 12.2. The number of nitrogens with zero attached hydrogens (tertiary/aromatic N) is 2. The lowest BCUT2D eigenvalue weighted by molar-refractivity contribution is -0.384. The van der Waals surface area contributed by atoms with Crippen LogP contribution in [-0.2, 0) is 0 Å². The van der Waals surface area contributed by atoms with Crippen molar-refractivity contribution in [3.63, 3.8) is 0 Å². The number of thiophene rings is 1. The van der Waals surface area contributed by atoms with Gasteiger partial charge >= 0.3 is 0 Å². The van der Waals surface area contributed by atoms with Crippen LogP contribution in [0.1, 0.15) is 17.8 Å². The van der Waals surface area contributed by atoms with Gasteiger partial charge in [0.15, 0.2) is 0 Å². The lowest BCUT2D eigenvalue weighted by atomic mass is 10.2. The van der Waals surface area contributed by atoms with Gasteiger partial charge in [-0.15, -0.1) is 11.3 Å². The molecule has 0 aliphatic rings. The Kier molecular flexibility index (Phi) is 4.24. The van der Waals surface area contributed by atoms with E-state index in [1.54, 1.807) is 6.07 Å². The van der Waals surface area contributed by atoms with Crippen molar-refractivity contribution in [1.29, 1.82) is 0 Å². The number of halogens is 2. The maximum absolute atomic E-state index is 10.7. The molecule has 2 aromatic heterocycles. The van der Waals surface area contributed by atoms with E-state index in [4.69, 9.17) is 23.2 Å². The number of aromatic nitrogens is 1. The van der Waals surface area contributed by atoms with Gasteiger partial charge in [-0.2, -0.15) is 0 Å². The quantitative estimate of drug-likeness (QED) is 0.511. The summed E-state index contributed by atoms with van der Waals surface area (Å²) in [5.74, 6) is 0.358. The molecule has 5 nitrogen and oxygen atoms in total. The van der Waals surface area contributed by atoms with Crippen molar-refractivity contribution >= 4 is 46.0 Å². The molecule has 0 aliphatic carbocycles. The highest BCUT2D eigenvalue weighted by Crippen LogP contribution is 2.29. The van der Waals surface area contributed by atoms with Gasteiger partial charge in [0.2, 0.25) is 0 Å². The van der Waals surface area contributed by atoms with Gasteiger partial charge < -0.3 is 5.32 Å². The molecule has 100 valence electrons. The third-order valence-corrected chi connectivity index (χ3v) is 3.98. The lowest BCUT2D eigenvalue weighted by Crippen LogP contribution is -2.06. The van der Waals surface area contributed by atoms with Crippen LogP contribution in [0.25, 0.3) is 0 Å². The van der Waals surface area contributed by atoms with Crippen LogP contribution >= 0.6 is 34.5 Å². The van der Waals surface area contributed by atoms with Crippen molar-refractivity contribution in [2.24, 2.45) is 0 Å². The molecule has 0 aliphatic heterocycles. The highest BCUT2D eigenvalue weighted by atomic mass is 35.5. The van der Waals surface area contributed by atoms with Crippen molar-refractivity contribution in [3.05, 3.63) is 48.7 Å². The van der Waals surface area contributed by atoms with E-state index in [1.807, 2.05) is 13.0 Å². The van der Waals surface area contributed by atoms with E-state index in [0.717, 1.165) is 4.88 Å². The van der Waals surface area contributed by atoms with Crippen LogP contribution < -0.4 is 5.32 Å². The monoisotopic (exact) mass is 317 g/mol. The van der Waals surface area contributed by atoms with Gasteiger partial charge in [0.1, 0.15) is 11.0 Å². The van der Waals surface area contributed by atoms with Crippen molar-refractivity contribution in [2.45, 2.75) is 13.0 Å². The molecular formula is C11H9Cl2N3O2S. The third-order valence-electron chi connectivity index (χ3n) is 2.37. The Labute approximate surface area is 123 Å². The van der Waals surface area contributed by atoms with E-state index in [0.29, 0.717) is 10.2 Å². The second-order valence-electron chi connectivity index (χ2n) is 3.80. The molecule has 0 amide bonds. The fraction of sp³-hybridized carbons (Fsp3) is 0.182. The van der Waals surface area contributed by atoms with E-state index in [9.17, 15) is 10.1 Å². The zero-order valence-electron chi connectivity index (χ0n) is 9.76. The predicted octanol–water partition coefficient (Wildman–Crippen LogP) is 4.53. The average Bonchev–Trinajstić information content (AvgIpc) is 2.75. The molecule has 0 bridgehead atoms. The zero-order chi connectivity index (χ0) is 14.0. The minimum Gasteiger partial charge on any atom is -0.362 e. The Balaban J connectivity index is 2.21. The maximum atomic E-state index is 10.7. The summed E-state index contributed by atoms with van der Waals surface area (Å²) in [5, 5.41) is 13.9. The topological polar surface area (TPSA) is 68.1 Å². The van der Waals surface area contributed by atoms with Crippen LogP contribution in [-0.4, -0.2) is 9.91 Å². The second-order valence-corrected chi connectivity index (χ2v) is 5.93. The molecule has 0 saturated carbocycles. The first-order valence-corrected chi connectivity index (χ1v) is 6.86. The number of nitrogens with one attached hydrogen (secondary N) is 1. The van der Waals surface area contributed by atoms with Gasteiger partial charge in [0.05, 0.1) is 27.4 Å². The summed E-state index contributed by atoms with van der Waals surface area (Å²) in [4.78, 5) is 15.3. The summed E-state index contributed by atoms with van der Waals surface area (Å²) >= 11 is 13.1. The molecule has 1 N–H and O–H groups in total. The number of rotatable bonds is 4. The molecule has 2 aromatic rings. The van der Waals surface area contributed by atoms with Crippen LogP contribution in [0.5, 0.6) is 0 Å². The Bertz CT molecular complexity index is 618. The molecule has 1 unspecified atom stereocenters. The van der Waals surface area contributed by atoms with Crippen molar-refractivity contribution in [3.8, 4) is 0 Å². The van der Waals surface area contributed by atoms with E-state index < -0.39 is 4.92 Å². The van der Waals surface area contributed by atoms with Crippen LogP contribution in [0.2, 0.25) is 9.49 Å². The highest BCUT2D eigenvalue weighted by molar-refractivity contribution is 7.16.